The summed E-state index contributed by atoms with van der Waals surface area (Å²) in [5.74, 6) is 1.82. The van der Waals surface area contributed by atoms with Gasteiger partial charge in [0.2, 0.25) is 0 Å². The molecule has 0 bridgehead atoms. The number of methoxy groups -OCH3 is 1. The number of ether oxygens (including phenoxy) is 1. The van der Waals surface area contributed by atoms with Crippen LogP contribution in [0.3, 0.4) is 0 Å². The van der Waals surface area contributed by atoms with Crippen molar-refractivity contribution in [3.63, 3.8) is 0 Å². The molecule has 2 aromatic carbocycles. The minimum atomic E-state index is -0.316. The molecule has 3 aromatic rings. The smallest absolute Gasteiger partial charge is 0.141 e. The summed E-state index contributed by atoms with van der Waals surface area (Å²) in [4.78, 5) is 15.5. The standard InChI is InChI=1S/C27H28FN7O/c1-14-11-17(5-10-22(14)36-4)24(29)23-25(30)31-13-32-26(23)33-15(2)27-34-21-9-6-18(28)12-20(21)16(3)35(27)19-7-8-19/h5-6,9-13,15,19,29H,3,7-8H2,1-2,4H3,(H3,30,31,32,33). The topological polar surface area (TPSA) is 113 Å². The minimum Gasteiger partial charge on any atom is -0.496 e. The van der Waals surface area contributed by atoms with Crippen molar-refractivity contribution in [1.29, 1.82) is 5.41 Å². The number of nitrogens with two attached hydrogens (primary N) is 1. The minimum absolute atomic E-state index is 0.198. The first-order valence-corrected chi connectivity index (χ1v) is 11.8. The highest BCUT2D eigenvalue weighted by Crippen LogP contribution is 2.41. The zero-order chi connectivity index (χ0) is 25.6. The summed E-state index contributed by atoms with van der Waals surface area (Å²) in [6, 6.07) is 10.0. The number of aliphatic imine (C=N–C) groups is 1. The lowest BCUT2D eigenvalue weighted by atomic mass is 10.0. The summed E-state index contributed by atoms with van der Waals surface area (Å²) in [7, 11) is 1.61. The van der Waals surface area contributed by atoms with Crippen LogP contribution < -0.4 is 15.8 Å². The maximum atomic E-state index is 13.9. The van der Waals surface area contributed by atoms with Crippen LogP contribution >= 0.6 is 0 Å². The Labute approximate surface area is 209 Å². The van der Waals surface area contributed by atoms with Crippen molar-refractivity contribution < 1.29 is 9.13 Å². The average molecular weight is 486 g/mol. The Morgan fingerprint density at radius 1 is 1.25 bits per heavy atom. The van der Waals surface area contributed by atoms with Crippen LogP contribution in [0.25, 0.3) is 5.70 Å². The van der Waals surface area contributed by atoms with Crippen LogP contribution in [-0.2, 0) is 0 Å². The molecule has 4 N–H and O–H groups in total. The molecule has 9 heteroatoms. The van der Waals surface area contributed by atoms with Gasteiger partial charge in [0.1, 0.15) is 35.4 Å². The summed E-state index contributed by atoms with van der Waals surface area (Å²) in [6.45, 7) is 8.16. The SMILES string of the molecule is C=C1c2cc(F)ccc2N=C(C(C)Nc2ncnc(N)c2C(=N)c2ccc(OC)c(C)c2)N1C1CC1. The first kappa shape index (κ1) is 23.5. The molecule has 184 valence electrons. The largest absolute Gasteiger partial charge is 0.496 e. The number of halogens is 1. The molecule has 36 heavy (non-hydrogen) atoms. The van der Waals surface area contributed by atoms with Gasteiger partial charge in [0.15, 0.2) is 0 Å². The van der Waals surface area contributed by atoms with Crippen LogP contribution in [0.5, 0.6) is 5.75 Å². The third kappa shape index (κ3) is 4.17. The Hall–Kier alpha value is -4.27. The summed E-state index contributed by atoms with van der Waals surface area (Å²) in [5.41, 5.74) is 10.5. The van der Waals surface area contributed by atoms with E-state index in [1.807, 2.05) is 32.0 Å². The van der Waals surface area contributed by atoms with Gasteiger partial charge in [0.05, 0.1) is 30.1 Å². The number of hydrogen-bond donors (Lipinski definition) is 3. The van der Waals surface area contributed by atoms with Crippen LogP contribution in [0, 0.1) is 18.2 Å². The van der Waals surface area contributed by atoms with Crippen molar-refractivity contribution in [2.45, 2.75) is 38.8 Å². The van der Waals surface area contributed by atoms with Crippen molar-refractivity contribution in [1.82, 2.24) is 14.9 Å². The number of fused-ring (bicyclic) bond motifs is 1. The van der Waals surface area contributed by atoms with Gasteiger partial charge in [-0.15, -0.1) is 0 Å². The van der Waals surface area contributed by atoms with Gasteiger partial charge in [-0.2, -0.15) is 0 Å². The summed E-state index contributed by atoms with van der Waals surface area (Å²) in [6.07, 6.45) is 3.41. The fourth-order valence-corrected chi connectivity index (χ4v) is 4.53. The molecule has 0 radical (unpaired) electrons. The maximum Gasteiger partial charge on any atom is 0.141 e. The Kier molecular flexibility index (Phi) is 5.91. The van der Waals surface area contributed by atoms with Crippen LogP contribution in [-0.4, -0.2) is 45.6 Å². The van der Waals surface area contributed by atoms with E-state index in [0.29, 0.717) is 28.2 Å². The van der Waals surface area contributed by atoms with Gasteiger partial charge in [-0.3, -0.25) is 5.41 Å². The van der Waals surface area contributed by atoms with E-state index in [4.69, 9.17) is 20.9 Å². The number of benzene rings is 2. The normalized spacial score (nSPS) is 15.7. The fourth-order valence-electron chi connectivity index (χ4n) is 4.53. The highest BCUT2D eigenvalue weighted by atomic mass is 19.1. The van der Waals surface area contributed by atoms with E-state index < -0.39 is 0 Å². The predicted octanol–water partition coefficient (Wildman–Crippen LogP) is 4.91. The second kappa shape index (κ2) is 9.07. The Morgan fingerprint density at radius 3 is 2.72 bits per heavy atom. The molecule has 1 aliphatic heterocycles. The second-order valence-electron chi connectivity index (χ2n) is 9.09. The molecule has 2 heterocycles. The van der Waals surface area contributed by atoms with Gasteiger partial charge >= 0.3 is 0 Å². The molecular formula is C27H28FN7O. The molecule has 1 aliphatic carbocycles. The lowest BCUT2D eigenvalue weighted by Crippen LogP contribution is -2.43. The van der Waals surface area contributed by atoms with Gasteiger partial charge in [-0.25, -0.2) is 19.4 Å². The molecule has 1 saturated carbocycles. The van der Waals surface area contributed by atoms with Gasteiger partial charge in [-0.1, -0.05) is 6.58 Å². The van der Waals surface area contributed by atoms with E-state index in [2.05, 4.69) is 26.8 Å². The molecule has 0 saturated heterocycles. The van der Waals surface area contributed by atoms with E-state index in [-0.39, 0.29) is 29.4 Å². The van der Waals surface area contributed by atoms with Crippen LogP contribution in [0.4, 0.5) is 21.7 Å². The highest BCUT2D eigenvalue weighted by Gasteiger charge is 2.38. The monoisotopic (exact) mass is 485 g/mol. The molecule has 8 nitrogen and oxygen atoms in total. The van der Waals surface area contributed by atoms with E-state index in [1.54, 1.807) is 13.2 Å². The number of nitrogens with one attached hydrogen (secondary N) is 2. The Balaban J connectivity index is 1.50. The molecule has 5 rings (SSSR count). The molecule has 1 aromatic heterocycles. The van der Waals surface area contributed by atoms with Crippen molar-refractivity contribution >= 4 is 34.6 Å². The third-order valence-corrected chi connectivity index (χ3v) is 6.50. The fraction of sp³-hybridized carbons (Fsp3) is 0.259. The molecular weight excluding hydrogens is 457 g/mol. The zero-order valence-electron chi connectivity index (χ0n) is 20.5. The highest BCUT2D eigenvalue weighted by molar-refractivity contribution is 6.16. The predicted molar refractivity (Wildman–Crippen MR) is 141 cm³/mol. The number of nitrogens with zero attached hydrogens (tertiary/aromatic N) is 4. The zero-order valence-corrected chi connectivity index (χ0v) is 20.5. The average Bonchev–Trinajstić information content (AvgIpc) is 3.69. The summed E-state index contributed by atoms with van der Waals surface area (Å²) in [5, 5.41) is 12.3. The van der Waals surface area contributed by atoms with Gasteiger partial charge in [-0.05, 0) is 68.7 Å². The van der Waals surface area contributed by atoms with Gasteiger partial charge in [0.25, 0.3) is 0 Å². The van der Waals surface area contributed by atoms with Crippen molar-refractivity contribution in [3.8, 4) is 5.75 Å². The third-order valence-electron chi connectivity index (χ3n) is 6.50. The molecule has 2 aliphatic rings. The van der Waals surface area contributed by atoms with E-state index in [9.17, 15) is 4.39 Å². The molecule has 1 atom stereocenters. The lowest BCUT2D eigenvalue weighted by molar-refractivity contribution is 0.411. The van der Waals surface area contributed by atoms with Crippen molar-refractivity contribution in [3.05, 3.63) is 77.4 Å². The molecule has 1 unspecified atom stereocenters. The second-order valence-corrected chi connectivity index (χ2v) is 9.09. The number of amidine groups is 1. The van der Waals surface area contributed by atoms with Crippen LogP contribution in [0.1, 0.15) is 42.0 Å². The van der Waals surface area contributed by atoms with E-state index in [1.165, 1.54) is 18.5 Å². The maximum absolute atomic E-state index is 13.9. The number of anilines is 2. The van der Waals surface area contributed by atoms with Crippen LogP contribution in [0.15, 0.2) is 54.3 Å². The first-order valence-electron chi connectivity index (χ1n) is 11.8. The van der Waals surface area contributed by atoms with Crippen LogP contribution in [0.2, 0.25) is 0 Å². The number of aromatic nitrogens is 2. The van der Waals surface area contributed by atoms with E-state index in [0.717, 1.165) is 35.7 Å². The molecule has 0 amide bonds. The molecule has 0 spiro atoms. The lowest BCUT2D eigenvalue weighted by Gasteiger charge is -2.35. The molecule has 1 fully saturated rings. The van der Waals surface area contributed by atoms with E-state index >= 15 is 0 Å². The Bertz CT molecular complexity index is 1410. The number of hydrogen-bond acceptors (Lipinski definition) is 8. The van der Waals surface area contributed by atoms with Gasteiger partial charge < -0.3 is 20.7 Å². The van der Waals surface area contributed by atoms with Gasteiger partial charge in [0, 0.05) is 22.9 Å². The first-order chi connectivity index (χ1) is 17.3. The number of aryl methyl sites for hydroxylation is 1. The number of nitrogen functional groups attached to an aromatic ring is 1. The quantitative estimate of drug-likeness (QED) is 0.410. The summed E-state index contributed by atoms with van der Waals surface area (Å²) < 4.78 is 19.3. The number of rotatable bonds is 7. The Morgan fingerprint density at radius 2 is 2.03 bits per heavy atom. The van der Waals surface area contributed by atoms with Crippen molar-refractivity contribution in [2.24, 2.45) is 4.99 Å². The summed E-state index contributed by atoms with van der Waals surface area (Å²) >= 11 is 0. The van der Waals surface area contributed by atoms with Crippen molar-refractivity contribution in [2.75, 3.05) is 18.2 Å².